The highest BCUT2D eigenvalue weighted by Crippen LogP contribution is 2.25. The summed E-state index contributed by atoms with van der Waals surface area (Å²) in [5, 5.41) is 6.69. The number of anilines is 2. The van der Waals surface area contributed by atoms with Crippen molar-refractivity contribution in [2.24, 2.45) is 0 Å². The predicted molar refractivity (Wildman–Crippen MR) is 72.5 cm³/mol. The molecule has 0 aromatic carbocycles. The van der Waals surface area contributed by atoms with Gasteiger partial charge in [-0.1, -0.05) is 18.3 Å². The van der Waals surface area contributed by atoms with Crippen LogP contribution in [0.15, 0.2) is 0 Å². The maximum Gasteiger partial charge on any atom is 0.265 e. The molecule has 0 saturated heterocycles. The summed E-state index contributed by atoms with van der Waals surface area (Å²) in [5.74, 6) is 0.118. The molecule has 0 saturated carbocycles. The zero-order chi connectivity index (χ0) is 13.1. The average molecular weight is 256 g/mol. The Kier molecular flexibility index (Phi) is 4.34. The molecular weight excluding hydrogens is 236 g/mol. The first-order valence-electron chi connectivity index (χ1n) is 5.66. The lowest BCUT2D eigenvalue weighted by Crippen LogP contribution is -2.40. The predicted octanol–water partition coefficient (Wildman–Crippen LogP) is 2.08. The molecule has 96 valence electrons. The lowest BCUT2D eigenvalue weighted by molar-refractivity contribution is 0.0924. The van der Waals surface area contributed by atoms with Gasteiger partial charge in [-0.15, -0.1) is 0 Å². The third-order valence-corrected chi connectivity index (χ3v) is 2.90. The fourth-order valence-corrected chi connectivity index (χ4v) is 2.01. The van der Waals surface area contributed by atoms with Gasteiger partial charge in [-0.2, -0.15) is 0 Å². The number of nitrogens with two attached hydrogens (primary N) is 1. The minimum absolute atomic E-state index is 0.169. The Balaban J connectivity index is 2.77. The van der Waals surface area contributed by atoms with Gasteiger partial charge in [-0.3, -0.25) is 4.79 Å². The van der Waals surface area contributed by atoms with Crippen molar-refractivity contribution in [3.05, 3.63) is 4.88 Å². The Hall–Kier alpha value is -1.30. The van der Waals surface area contributed by atoms with Gasteiger partial charge in [-0.25, -0.2) is 4.98 Å². The minimum Gasteiger partial charge on any atom is -0.382 e. The van der Waals surface area contributed by atoms with E-state index in [1.807, 2.05) is 20.8 Å². The van der Waals surface area contributed by atoms with Crippen LogP contribution in [-0.4, -0.2) is 23.0 Å². The zero-order valence-electron chi connectivity index (χ0n) is 10.8. The smallest absolute Gasteiger partial charge is 0.265 e. The quantitative estimate of drug-likeness (QED) is 0.770. The molecule has 0 bridgehead atoms. The Bertz CT molecular complexity index is 395. The molecule has 0 spiro atoms. The molecule has 0 atom stereocenters. The number of nitrogen functional groups attached to an aromatic ring is 1. The fourth-order valence-electron chi connectivity index (χ4n) is 1.20. The number of hydrogen-bond donors (Lipinski definition) is 3. The van der Waals surface area contributed by atoms with E-state index in [9.17, 15) is 4.79 Å². The topological polar surface area (TPSA) is 80.0 Å². The molecule has 17 heavy (non-hydrogen) atoms. The van der Waals surface area contributed by atoms with Crippen LogP contribution in [0, 0.1) is 0 Å². The van der Waals surface area contributed by atoms with E-state index in [4.69, 9.17) is 5.73 Å². The van der Waals surface area contributed by atoms with Crippen LogP contribution in [0.1, 0.15) is 43.8 Å². The lowest BCUT2D eigenvalue weighted by atomic mass is 10.1. The molecular formula is C11H20N4OS. The highest BCUT2D eigenvalue weighted by Gasteiger charge is 2.20. The van der Waals surface area contributed by atoms with Crippen LogP contribution in [0.2, 0.25) is 0 Å². The van der Waals surface area contributed by atoms with Crippen molar-refractivity contribution in [1.82, 2.24) is 10.3 Å². The number of carbonyl (C=O) groups is 1. The van der Waals surface area contributed by atoms with Gasteiger partial charge < -0.3 is 16.4 Å². The summed E-state index contributed by atoms with van der Waals surface area (Å²) >= 11 is 1.29. The van der Waals surface area contributed by atoms with Gasteiger partial charge in [0.1, 0.15) is 10.7 Å². The summed E-state index contributed by atoms with van der Waals surface area (Å²) in [7, 11) is 0. The van der Waals surface area contributed by atoms with Crippen LogP contribution in [-0.2, 0) is 0 Å². The molecule has 0 aliphatic heterocycles. The molecule has 1 rings (SSSR count). The SMILES string of the molecule is CCCNc1nc(N)c(C(=O)NC(C)(C)C)s1. The van der Waals surface area contributed by atoms with Gasteiger partial charge in [0.05, 0.1) is 0 Å². The Labute approximate surface area is 106 Å². The molecule has 1 amide bonds. The summed E-state index contributed by atoms with van der Waals surface area (Å²) in [5.41, 5.74) is 5.46. The number of thiazole rings is 1. The van der Waals surface area contributed by atoms with E-state index in [0.29, 0.717) is 10.0 Å². The number of nitrogens with one attached hydrogen (secondary N) is 2. The standard InChI is InChI=1S/C11H20N4OS/c1-5-6-13-10-14-8(12)7(17-10)9(16)15-11(2,3)4/h5-6,12H2,1-4H3,(H,13,14)(H,15,16). The van der Waals surface area contributed by atoms with Gasteiger partial charge in [0.25, 0.3) is 5.91 Å². The molecule has 5 nitrogen and oxygen atoms in total. The molecule has 1 heterocycles. The maximum atomic E-state index is 11.9. The van der Waals surface area contributed by atoms with E-state index in [2.05, 4.69) is 22.5 Å². The molecule has 0 radical (unpaired) electrons. The number of nitrogens with zero attached hydrogens (tertiary/aromatic N) is 1. The maximum absolute atomic E-state index is 11.9. The van der Waals surface area contributed by atoms with E-state index in [1.165, 1.54) is 11.3 Å². The molecule has 1 aromatic heterocycles. The van der Waals surface area contributed by atoms with Gasteiger partial charge >= 0.3 is 0 Å². The van der Waals surface area contributed by atoms with Crippen molar-refractivity contribution < 1.29 is 4.79 Å². The molecule has 1 aromatic rings. The van der Waals surface area contributed by atoms with E-state index in [-0.39, 0.29) is 17.3 Å². The second kappa shape index (κ2) is 5.35. The van der Waals surface area contributed by atoms with Crippen molar-refractivity contribution in [1.29, 1.82) is 0 Å². The van der Waals surface area contributed by atoms with Crippen LogP contribution in [0.3, 0.4) is 0 Å². The minimum atomic E-state index is -0.273. The first-order valence-corrected chi connectivity index (χ1v) is 6.48. The largest absolute Gasteiger partial charge is 0.382 e. The summed E-state index contributed by atoms with van der Waals surface area (Å²) in [4.78, 5) is 16.5. The summed E-state index contributed by atoms with van der Waals surface area (Å²) < 4.78 is 0. The number of aromatic nitrogens is 1. The third-order valence-electron chi connectivity index (χ3n) is 1.87. The van der Waals surface area contributed by atoms with Crippen LogP contribution < -0.4 is 16.4 Å². The first kappa shape index (κ1) is 13.8. The van der Waals surface area contributed by atoms with E-state index in [1.54, 1.807) is 0 Å². The lowest BCUT2D eigenvalue weighted by Gasteiger charge is -2.19. The van der Waals surface area contributed by atoms with Crippen LogP contribution in [0.4, 0.5) is 10.9 Å². The number of carbonyl (C=O) groups excluding carboxylic acids is 1. The second-order valence-electron chi connectivity index (χ2n) is 4.86. The molecule has 0 unspecified atom stereocenters. The van der Waals surface area contributed by atoms with Crippen LogP contribution in [0.25, 0.3) is 0 Å². The van der Waals surface area contributed by atoms with Crippen molar-refractivity contribution in [3.63, 3.8) is 0 Å². The van der Waals surface area contributed by atoms with Gasteiger partial charge in [0, 0.05) is 12.1 Å². The van der Waals surface area contributed by atoms with Crippen LogP contribution in [0.5, 0.6) is 0 Å². The Morgan fingerprint density at radius 1 is 1.47 bits per heavy atom. The van der Waals surface area contributed by atoms with Crippen molar-refractivity contribution >= 4 is 28.2 Å². The van der Waals surface area contributed by atoms with Crippen molar-refractivity contribution in [2.75, 3.05) is 17.6 Å². The summed E-state index contributed by atoms with van der Waals surface area (Å²) in [6.45, 7) is 8.68. The highest BCUT2D eigenvalue weighted by atomic mass is 32.1. The third kappa shape index (κ3) is 4.22. The highest BCUT2D eigenvalue weighted by molar-refractivity contribution is 7.18. The first-order chi connectivity index (χ1) is 7.83. The average Bonchev–Trinajstić information content (AvgIpc) is 2.54. The van der Waals surface area contributed by atoms with Crippen molar-refractivity contribution in [2.45, 2.75) is 39.7 Å². The van der Waals surface area contributed by atoms with Crippen LogP contribution >= 0.6 is 11.3 Å². The van der Waals surface area contributed by atoms with Gasteiger partial charge in [-0.05, 0) is 27.2 Å². The van der Waals surface area contributed by atoms with E-state index < -0.39 is 0 Å². The fraction of sp³-hybridized carbons (Fsp3) is 0.636. The van der Waals surface area contributed by atoms with Crippen molar-refractivity contribution in [3.8, 4) is 0 Å². The Morgan fingerprint density at radius 2 is 2.12 bits per heavy atom. The van der Waals surface area contributed by atoms with Gasteiger partial charge in [0.2, 0.25) is 0 Å². The molecule has 4 N–H and O–H groups in total. The summed E-state index contributed by atoms with van der Waals surface area (Å²) in [6.07, 6.45) is 1.00. The number of amides is 1. The summed E-state index contributed by atoms with van der Waals surface area (Å²) in [6, 6.07) is 0. The second-order valence-corrected chi connectivity index (χ2v) is 5.86. The monoisotopic (exact) mass is 256 g/mol. The van der Waals surface area contributed by atoms with E-state index in [0.717, 1.165) is 13.0 Å². The Morgan fingerprint density at radius 3 is 2.65 bits per heavy atom. The molecule has 0 fully saturated rings. The molecule has 6 heteroatoms. The van der Waals surface area contributed by atoms with Gasteiger partial charge in [0.15, 0.2) is 5.13 Å². The molecule has 0 aliphatic rings. The normalized spacial score (nSPS) is 11.3. The molecule has 0 aliphatic carbocycles. The number of hydrogen-bond acceptors (Lipinski definition) is 5. The zero-order valence-corrected chi connectivity index (χ0v) is 11.6. The number of rotatable bonds is 4. The van der Waals surface area contributed by atoms with E-state index >= 15 is 0 Å².